The van der Waals surface area contributed by atoms with Gasteiger partial charge >= 0.3 is 0 Å². The van der Waals surface area contributed by atoms with E-state index in [4.69, 9.17) is 4.74 Å². The molecule has 0 radical (unpaired) electrons. The Hall–Kier alpha value is -2.17. The molecule has 0 fully saturated rings. The molecule has 2 rings (SSSR count). The topological polar surface area (TPSA) is 57.0 Å². The number of hydrogen-bond acceptors (Lipinski definition) is 4. The molecule has 0 aliphatic rings. The van der Waals surface area contributed by atoms with Crippen LogP contribution in [-0.2, 0) is 4.79 Å². The van der Waals surface area contributed by atoms with Crippen molar-refractivity contribution in [3.05, 3.63) is 36.2 Å². The molecule has 5 nitrogen and oxygen atoms in total. The fourth-order valence-electron chi connectivity index (χ4n) is 1.29. The van der Waals surface area contributed by atoms with E-state index in [1.54, 1.807) is 29.1 Å². The van der Waals surface area contributed by atoms with E-state index in [1.165, 1.54) is 0 Å². The van der Waals surface area contributed by atoms with Crippen molar-refractivity contribution in [1.82, 2.24) is 15.0 Å². The van der Waals surface area contributed by atoms with E-state index < -0.39 is 0 Å². The highest BCUT2D eigenvalue weighted by atomic mass is 16.5. The molecule has 2 aromatic rings. The summed E-state index contributed by atoms with van der Waals surface area (Å²) in [7, 11) is 0. The van der Waals surface area contributed by atoms with E-state index in [0.717, 1.165) is 11.4 Å². The highest BCUT2D eigenvalue weighted by Crippen LogP contribution is 2.16. The van der Waals surface area contributed by atoms with Gasteiger partial charge in [0.2, 0.25) is 0 Å². The zero-order valence-corrected chi connectivity index (χ0v) is 8.12. The summed E-state index contributed by atoms with van der Waals surface area (Å²) in [5, 5.41) is 7.69. The predicted octanol–water partition coefficient (Wildman–Crippen LogP) is 1.11. The third-order valence-corrected chi connectivity index (χ3v) is 1.97. The van der Waals surface area contributed by atoms with Crippen LogP contribution in [0.25, 0.3) is 5.69 Å². The first-order valence-electron chi connectivity index (χ1n) is 4.39. The van der Waals surface area contributed by atoms with E-state index in [0.29, 0.717) is 12.2 Å². The molecule has 1 heterocycles. The van der Waals surface area contributed by atoms with Gasteiger partial charge in [-0.25, -0.2) is 4.68 Å². The number of benzene rings is 1. The van der Waals surface area contributed by atoms with Crippen molar-refractivity contribution < 1.29 is 9.53 Å². The Bertz CT molecular complexity index is 479. The van der Waals surface area contributed by atoms with Crippen molar-refractivity contribution in [2.75, 3.05) is 0 Å². The van der Waals surface area contributed by atoms with Gasteiger partial charge in [-0.3, -0.25) is 4.79 Å². The van der Waals surface area contributed by atoms with Crippen molar-refractivity contribution in [3.8, 4) is 11.4 Å². The van der Waals surface area contributed by atoms with Crippen molar-refractivity contribution >= 4 is 6.47 Å². The minimum Gasteiger partial charge on any atom is -0.429 e. The number of carbonyl (C=O) groups excluding carboxylic acids is 1. The number of aryl methyl sites for hydroxylation is 1. The lowest BCUT2D eigenvalue weighted by Gasteiger charge is -2.04. The lowest BCUT2D eigenvalue weighted by atomic mass is 10.3. The van der Waals surface area contributed by atoms with Gasteiger partial charge in [-0.05, 0) is 19.1 Å². The molecular formula is C10H9N3O2. The molecule has 5 heteroatoms. The van der Waals surface area contributed by atoms with Gasteiger partial charge in [-0.1, -0.05) is 11.3 Å². The van der Waals surface area contributed by atoms with Gasteiger partial charge < -0.3 is 4.74 Å². The third kappa shape index (κ3) is 1.85. The Morgan fingerprint density at radius 3 is 3.00 bits per heavy atom. The lowest BCUT2D eigenvalue weighted by molar-refractivity contribution is -0.120. The molecule has 0 spiro atoms. The summed E-state index contributed by atoms with van der Waals surface area (Å²) in [6, 6.07) is 7.06. The molecule has 0 atom stereocenters. The Morgan fingerprint density at radius 2 is 2.33 bits per heavy atom. The van der Waals surface area contributed by atoms with E-state index in [9.17, 15) is 4.79 Å². The molecular weight excluding hydrogens is 194 g/mol. The first kappa shape index (κ1) is 9.39. The number of rotatable bonds is 3. The van der Waals surface area contributed by atoms with Crippen LogP contribution in [0.15, 0.2) is 30.5 Å². The molecule has 1 aromatic heterocycles. The molecule has 0 N–H and O–H groups in total. The van der Waals surface area contributed by atoms with Crippen LogP contribution in [0.2, 0.25) is 0 Å². The molecule has 0 aliphatic carbocycles. The van der Waals surface area contributed by atoms with Gasteiger partial charge in [0, 0.05) is 6.07 Å². The maximum atomic E-state index is 10.2. The Kier molecular flexibility index (Phi) is 2.45. The third-order valence-electron chi connectivity index (χ3n) is 1.97. The minimum absolute atomic E-state index is 0.396. The summed E-state index contributed by atoms with van der Waals surface area (Å²) in [5.41, 5.74) is 1.72. The summed E-state index contributed by atoms with van der Waals surface area (Å²) < 4.78 is 6.41. The first-order valence-corrected chi connectivity index (χ1v) is 4.39. The first-order chi connectivity index (χ1) is 7.31. The van der Waals surface area contributed by atoms with Crippen molar-refractivity contribution in [2.45, 2.75) is 6.92 Å². The van der Waals surface area contributed by atoms with Crippen LogP contribution in [-0.4, -0.2) is 21.5 Å². The normalized spacial score (nSPS) is 9.93. The molecule has 15 heavy (non-hydrogen) atoms. The quantitative estimate of drug-likeness (QED) is 0.701. The van der Waals surface area contributed by atoms with E-state index in [-0.39, 0.29) is 0 Å². The summed E-state index contributed by atoms with van der Waals surface area (Å²) >= 11 is 0. The summed E-state index contributed by atoms with van der Waals surface area (Å²) in [6.07, 6.45) is 1.66. The van der Waals surface area contributed by atoms with Crippen LogP contribution in [0.5, 0.6) is 5.75 Å². The smallest absolute Gasteiger partial charge is 0.298 e. The van der Waals surface area contributed by atoms with Gasteiger partial charge in [-0.15, -0.1) is 5.10 Å². The zero-order valence-electron chi connectivity index (χ0n) is 8.12. The standard InChI is InChI=1S/C10H9N3O2/c1-8-6-11-12-13(8)9-3-2-4-10(5-9)15-7-14/h2-7H,1H3. The van der Waals surface area contributed by atoms with Crippen LogP contribution < -0.4 is 4.74 Å². The summed E-state index contributed by atoms with van der Waals surface area (Å²) in [6.45, 7) is 2.29. The molecule has 0 saturated heterocycles. The van der Waals surface area contributed by atoms with Gasteiger partial charge in [0.05, 0.1) is 17.6 Å². The second-order valence-corrected chi connectivity index (χ2v) is 3.00. The van der Waals surface area contributed by atoms with Crippen molar-refractivity contribution in [2.24, 2.45) is 0 Å². The van der Waals surface area contributed by atoms with Gasteiger partial charge in [0.25, 0.3) is 6.47 Å². The fourth-order valence-corrected chi connectivity index (χ4v) is 1.29. The molecule has 1 aromatic carbocycles. The maximum absolute atomic E-state index is 10.2. The van der Waals surface area contributed by atoms with Crippen molar-refractivity contribution in [1.29, 1.82) is 0 Å². The average Bonchev–Trinajstić information content (AvgIpc) is 2.65. The Labute approximate surface area is 86.3 Å². The summed E-state index contributed by atoms with van der Waals surface area (Å²) in [4.78, 5) is 10.2. The molecule has 0 bridgehead atoms. The summed E-state index contributed by atoms with van der Waals surface area (Å²) in [5.74, 6) is 0.484. The van der Waals surface area contributed by atoms with Gasteiger partial charge in [0.15, 0.2) is 0 Å². The van der Waals surface area contributed by atoms with Crippen LogP contribution >= 0.6 is 0 Å². The molecule has 0 saturated carbocycles. The monoisotopic (exact) mass is 203 g/mol. The van der Waals surface area contributed by atoms with Crippen LogP contribution in [0.3, 0.4) is 0 Å². The molecule has 0 aliphatic heterocycles. The SMILES string of the molecule is Cc1cnnn1-c1cccc(OC=O)c1. The molecule has 0 amide bonds. The van der Waals surface area contributed by atoms with E-state index >= 15 is 0 Å². The van der Waals surface area contributed by atoms with Crippen LogP contribution in [0.4, 0.5) is 0 Å². The van der Waals surface area contributed by atoms with E-state index in [1.807, 2.05) is 13.0 Å². The Morgan fingerprint density at radius 1 is 1.47 bits per heavy atom. The van der Waals surface area contributed by atoms with Gasteiger partial charge in [-0.2, -0.15) is 0 Å². The number of carbonyl (C=O) groups is 1. The second-order valence-electron chi connectivity index (χ2n) is 3.00. The highest BCUT2D eigenvalue weighted by Gasteiger charge is 2.02. The minimum atomic E-state index is 0.396. The molecule has 76 valence electrons. The second kappa shape index (κ2) is 3.91. The number of hydrogen-bond donors (Lipinski definition) is 0. The Balaban J connectivity index is 2.41. The van der Waals surface area contributed by atoms with Gasteiger partial charge in [0.1, 0.15) is 5.75 Å². The van der Waals surface area contributed by atoms with Crippen LogP contribution in [0, 0.1) is 6.92 Å². The predicted molar refractivity (Wildman–Crippen MR) is 52.8 cm³/mol. The largest absolute Gasteiger partial charge is 0.429 e. The number of nitrogens with zero attached hydrogens (tertiary/aromatic N) is 3. The number of ether oxygens (including phenoxy) is 1. The lowest BCUT2D eigenvalue weighted by Crippen LogP contribution is -1.99. The van der Waals surface area contributed by atoms with Crippen molar-refractivity contribution in [3.63, 3.8) is 0 Å². The van der Waals surface area contributed by atoms with Crippen LogP contribution in [0.1, 0.15) is 5.69 Å². The highest BCUT2D eigenvalue weighted by molar-refractivity contribution is 5.48. The molecule has 0 unspecified atom stereocenters. The number of aromatic nitrogens is 3. The average molecular weight is 203 g/mol. The van der Waals surface area contributed by atoms with E-state index in [2.05, 4.69) is 10.3 Å². The maximum Gasteiger partial charge on any atom is 0.298 e. The fraction of sp³-hybridized carbons (Fsp3) is 0.100. The zero-order chi connectivity index (χ0) is 10.7.